The summed E-state index contributed by atoms with van der Waals surface area (Å²) in [5, 5.41) is 2.17. The number of aromatic nitrogens is 1. The molecule has 0 unspecified atom stereocenters. The molecule has 0 aliphatic rings. The summed E-state index contributed by atoms with van der Waals surface area (Å²) in [6.45, 7) is 3.77. The van der Waals surface area contributed by atoms with E-state index in [2.05, 4.69) is 4.98 Å². The monoisotopic (exact) mass is 173 g/mol. The summed E-state index contributed by atoms with van der Waals surface area (Å²) >= 11 is 0. The van der Waals surface area contributed by atoms with Crippen molar-refractivity contribution in [2.24, 2.45) is 0 Å². The third kappa shape index (κ3) is 1.15. The first-order chi connectivity index (χ1) is 6.20. The van der Waals surface area contributed by atoms with E-state index in [-0.39, 0.29) is 5.56 Å². The fourth-order valence-corrected chi connectivity index (χ4v) is 1.59. The van der Waals surface area contributed by atoms with Gasteiger partial charge in [0.2, 0.25) is 0 Å². The lowest BCUT2D eigenvalue weighted by molar-refractivity contribution is 1.14. The smallest absolute Gasteiger partial charge is 0.251 e. The maximum Gasteiger partial charge on any atom is 0.251 e. The molecular formula is C11H11NO. The summed E-state index contributed by atoms with van der Waals surface area (Å²) < 4.78 is 0. The summed E-state index contributed by atoms with van der Waals surface area (Å²) in [4.78, 5) is 14.2. The van der Waals surface area contributed by atoms with Crippen LogP contribution in [0.2, 0.25) is 0 Å². The molecule has 2 nitrogen and oxygen atoms in total. The van der Waals surface area contributed by atoms with Gasteiger partial charge < -0.3 is 4.98 Å². The Kier molecular flexibility index (Phi) is 1.69. The maximum absolute atomic E-state index is 11.4. The third-order valence-corrected chi connectivity index (χ3v) is 2.38. The summed E-state index contributed by atoms with van der Waals surface area (Å²) in [7, 11) is 0. The van der Waals surface area contributed by atoms with E-state index < -0.39 is 0 Å². The van der Waals surface area contributed by atoms with Gasteiger partial charge in [0.05, 0.1) is 0 Å². The van der Waals surface area contributed by atoms with Gasteiger partial charge in [-0.2, -0.15) is 0 Å². The van der Waals surface area contributed by atoms with Crippen molar-refractivity contribution in [2.45, 2.75) is 13.8 Å². The number of hydrogen-bond donors (Lipinski definition) is 1. The molecule has 1 N–H and O–H groups in total. The Balaban J connectivity index is 3.06. The van der Waals surface area contributed by atoms with E-state index in [1.165, 1.54) is 0 Å². The molecule has 2 rings (SSSR count). The molecule has 2 heteroatoms. The minimum atomic E-state index is 0.0104. The zero-order chi connectivity index (χ0) is 9.42. The number of aromatic amines is 1. The number of aryl methyl sites for hydroxylation is 2. The molecule has 2 aromatic rings. The third-order valence-electron chi connectivity index (χ3n) is 2.38. The van der Waals surface area contributed by atoms with E-state index in [9.17, 15) is 4.79 Å². The molecule has 1 aromatic heterocycles. The Hall–Kier alpha value is -1.57. The number of pyridine rings is 1. The first kappa shape index (κ1) is 8.05. The first-order valence-corrected chi connectivity index (χ1v) is 4.28. The average molecular weight is 173 g/mol. The summed E-state index contributed by atoms with van der Waals surface area (Å²) in [6, 6.07) is 7.93. The van der Waals surface area contributed by atoms with Crippen LogP contribution in [0.1, 0.15) is 11.3 Å². The van der Waals surface area contributed by atoms with E-state index in [0.29, 0.717) is 0 Å². The highest BCUT2D eigenvalue weighted by Crippen LogP contribution is 2.16. The van der Waals surface area contributed by atoms with Crippen molar-refractivity contribution in [1.82, 2.24) is 4.98 Å². The van der Waals surface area contributed by atoms with Gasteiger partial charge >= 0.3 is 0 Å². The van der Waals surface area contributed by atoms with Crippen LogP contribution in [-0.2, 0) is 0 Å². The van der Waals surface area contributed by atoms with Crippen molar-refractivity contribution in [3.8, 4) is 0 Å². The fraction of sp³-hybridized carbons (Fsp3) is 0.182. The van der Waals surface area contributed by atoms with Gasteiger partial charge in [-0.05, 0) is 19.2 Å². The molecule has 1 heterocycles. The fourth-order valence-electron chi connectivity index (χ4n) is 1.59. The van der Waals surface area contributed by atoms with Crippen molar-refractivity contribution in [2.75, 3.05) is 0 Å². The number of hydrogen-bond acceptors (Lipinski definition) is 1. The maximum atomic E-state index is 11.4. The minimum Gasteiger partial charge on any atom is -0.326 e. The first-order valence-electron chi connectivity index (χ1n) is 4.28. The van der Waals surface area contributed by atoms with Crippen molar-refractivity contribution in [3.63, 3.8) is 0 Å². The Labute approximate surface area is 76.2 Å². The Bertz CT molecular complexity index is 511. The molecule has 66 valence electrons. The Morgan fingerprint density at radius 1 is 1.08 bits per heavy atom. The second-order valence-electron chi connectivity index (χ2n) is 3.25. The highest BCUT2D eigenvalue weighted by atomic mass is 16.1. The van der Waals surface area contributed by atoms with Crippen LogP contribution in [-0.4, -0.2) is 4.98 Å². The van der Waals surface area contributed by atoms with Gasteiger partial charge in [-0.1, -0.05) is 24.3 Å². The number of nitrogens with one attached hydrogen (secondary N) is 1. The van der Waals surface area contributed by atoms with E-state index in [4.69, 9.17) is 0 Å². The molecule has 0 radical (unpaired) electrons. The normalized spacial score (nSPS) is 10.6. The van der Waals surface area contributed by atoms with Crippen LogP contribution in [0, 0.1) is 13.8 Å². The zero-order valence-electron chi connectivity index (χ0n) is 7.72. The van der Waals surface area contributed by atoms with Crippen LogP contribution in [0.25, 0.3) is 10.8 Å². The van der Waals surface area contributed by atoms with Gasteiger partial charge in [-0.25, -0.2) is 0 Å². The number of rotatable bonds is 0. The molecule has 0 amide bonds. The van der Waals surface area contributed by atoms with Crippen LogP contribution < -0.4 is 5.56 Å². The molecule has 0 bridgehead atoms. The molecule has 0 aliphatic heterocycles. The van der Waals surface area contributed by atoms with Gasteiger partial charge in [-0.3, -0.25) is 4.79 Å². The van der Waals surface area contributed by atoms with Gasteiger partial charge in [0.25, 0.3) is 5.56 Å². The quantitative estimate of drug-likeness (QED) is 0.650. The molecule has 0 fully saturated rings. The molecule has 1 aromatic carbocycles. The van der Waals surface area contributed by atoms with Crippen LogP contribution >= 0.6 is 0 Å². The largest absolute Gasteiger partial charge is 0.326 e. The van der Waals surface area contributed by atoms with E-state index in [1.54, 1.807) is 0 Å². The highest BCUT2D eigenvalue weighted by Gasteiger charge is 2.02. The van der Waals surface area contributed by atoms with Crippen LogP contribution in [0.4, 0.5) is 0 Å². The van der Waals surface area contributed by atoms with Crippen molar-refractivity contribution < 1.29 is 0 Å². The van der Waals surface area contributed by atoms with Gasteiger partial charge in [-0.15, -0.1) is 0 Å². The highest BCUT2D eigenvalue weighted by molar-refractivity contribution is 5.86. The second kappa shape index (κ2) is 2.73. The van der Waals surface area contributed by atoms with Crippen LogP contribution in [0.5, 0.6) is 0 Å². The Morgan fingerprint density at radius 3 is 2.38 bits per heavy atom. The van der Waals surface area contributed by atoms with Crippen molar-refractivity contribution in [3.05, 3.63) is 45.9 Å². The van der Waals surface area contributed by atoms with Crippen LogP contribution in [0.3, 0.4) is 0 Å². The summed E-state index contributed by atoms with van der Waals surface area (Å²) in [5.74, 6) is 0. The summed E-state index contributed by atoms with van der Waals surface area (Å²) in [6.07, 6.45) is 0. The van der Waals surface area contributed by atoms with Crippen molar-refractivity contribution in [1.29, 1.82) is 0 Å². The van der Waals surface area contributed by atoms with E-state index >= 15 is 0 Å². The molecule has 0 atom stereocenters. The standard InChI is InChI=1S/C11H11NO/c1-7-9-5-3-4-6-10(9)8(2)12-11(7)13/h3-6H,1-2H3,(H,12,13). The topological polar surface area (TPSA) is 32.9 Å². The number of fused-ring (bicyclic) bond motifs is 1. The second-order valence-corrected chi connectivity index (χ2v) is 3.25. The number of H-pyrrole nitrogens is 1. The molecule has 0 spiro atoms. The average Bonchev–Trinajstić information content (AvgIpc) is 2.15. The number of benzene rings is 1. The molecule has 13 heavy (non-hydrogen) atoms. The molecular weight excluding hydrogens is 162 g/mol. The van der Waals surface area contributed by atoms with Crippen molar-refractivity contribution >= 4 is 10.8 Å². The predicted molar refractivity (Wildman–Crippen MR) is 54.0 cm³/mol. The Morgan fingerprint density at radius 2 is 1.69 bits per heavy atom. The minimum absolute atomic E-state index is 0.0104. The lowest BCUT2D eigenvalue weighted by atomic mass is 10.1. The van der Waals surface area contributed by atoms with Gasteiger partial charge in [0.1, 0.15) is 0 Å². The predicted octanol–water partition coefficient (Wildman–Crippen LogP) is 2.14. The van der Waals surface area contributed by atoms with Gasteiger partial charge in [0, 0.05) is 16.6 Å². The SMILES string of the molecule is Cc1[nH]c(=O)c(C)c2ccccc12. The lowest BCUT2D eigenvalue weighted by Crippen LogP contribution is -2.10. The molecule has 0 saturated heterocycles. The zero-order valence-corrected chi connectivity index (χ0v) is 7.72. The lowest BCUT2D eigenvalue weighted by Gasteiger charge is -2.03. The molecule has 0 saturated carbocycles. The molecule has 0 aliphatic carbocycles. The summed E-state index contributed by atoms with van der Waals surface area (Å²) in [5.41, 5.74) is 1.74. The van der Waals surface area contributed by atoms with Crippen LogP contribution in [0.15, 0.2) is 29.1 Å². The van der Waals surface area contributed by atoms with Gasteiger partial charge in [0.15, 0.2) is 0 Å². The van der Waals surface area contributed by atoms with E-state index in [1.807, 2.05) is 38.1 Å². The van der Waals surface area contributed by atoms with E-state index in [0.717, 1.165) is 22.0 Å².